The van der Waals surface area contributed by atoms with Gasteiger partial charge in [-0.05, 0) is 56.9 Å². The van der Waals surface area contributed by atoms with Crippen LogP contribution in [0.1, 0.15) is 48.5 Å². The van der Waals surface area contributed by atoms with E-state index in [0.717, 1.165) is 42.4 Å². The first kappa shape index (κ1) is 15.6. The molecule has 2 saturated carbocycles. The standard InChI is InChI=1S/C19H24N2O3/c1-11-7-12(2)9-13(8-11)16(22)10-21-17(23)19(14-3-4-14,15-5-6-15)20-18(21)24/h7-9,14-16,22H,3-6,10H2,1-2H3,(H,20,24). The minimum Gasteiger partial charge on any atom is -0.387 e. The second kappa shape index (κ2) is 5.31. The summed E-state index contributed by atoms with van der Waals surface area (Å²) < 4.78 is 0. The fourth-order valence-corrected chi connectivity index (χ4v) is 4.22. The van der Waals surface area contributed by atoms with Gasteiger partial charge in [-0.15, -0.1) is 0 Å². The van der Waals surface area contributed by atoms with Crippen LogP contribution in [0.4, 0.5) is 4.79 Å². The highest BCUT2D eigenvalue weighted by atomic mass is 16.3. The molecule has 1 atom stereocenters. The number of aliphatic hydroxyl groups excluding tert-OH is 1. The number of nitrogens with zero attached hydrogens (tertiary/aromatic N) is 1. The Balaban J connectivity index is 1.56. The van der Waals surface area contributed by atoms with Gasteiger partial charge >= 0.3 is 6.03 Å². The van der Waals surface area contributed by atoms with Crippen LogP contribution in [0.15, 0.2) is 18.2 Å². The van der Waals surface area contributed by atoms with Crippen molar-refractivity contribution in [2.75, 3.05) is 6.54 Å². The van der Waals surface area contributed by atoms with Crippen molar-refractivity contribution in [3.8, 4) is 0 Å². The number of hydrogen-bond acceptors (Lipinski definition) is 3. The largest absolute Gasteiger partial charge is 0.387 e. The van der Waals surface area contributed by atoms with Gasteiger partial charge < -0.3 is 10.4 Å². The summed E-state index contributed by atoms with van der Waals surface area (Å²) in [5, 5.41) is 13.6. The minimum atomic E-state index is -0.854. The molecular weight excluding hydrogens is 304 g/mol. The number of β-amino-alcohol motifs (C(OH)–C–C–N with tert-alkyl or cyclic N) is 1. The van der Waals surface area contributed by atoms with E-state index in [-0.39, 0.29) is 30.3 Å². The Bertz CT molecular complexity index is 674. The van der Waals surface area contributed by atoms with Crippen LogP contribution in [0, 0.1) is 25.7 Å². The normalized spacial score (nSPS) is 24.2. The summed E-state index contributed by atoms with van der Waals surface area (Å²) in [4.78, 5) is 26.7. The van der Waals surface area contributed by atoms with E-state index in [2.05, 4.69) is 5.32 Å². The topological polar surface area (TPSA) is 69.6 Å². The summed E-state index contributed by atoms with van der Waals surface area (Å²) in [7, 11) is 0. The second-order valence-electron chi connectivity index (χ2n) is 7.70. The minimum absolute atomic E-state index is 0.0226. The summed E-state index contributed by atoms with van der Waals surface area (Å²) in [6.07, 6.45) is 3.19. The summed E-state index contributed by atoms with van der Waals surface area (Å²) >= 11 is 0. The number of carbonyl (C=O) groups excluding carboxylic acids is 2. The molecule has 0 aromatic heterocycles. The summed E-state index contributed by atoms with van der Waals surface area (Å²) in [5.41, 5.74) is 2.20. The number of hydrogen-bond donors (Lipinski definition) is 2. The molecule has 0 spiro atoms. The SMILES string of the molecule is Cc1cc(C)cc(C(O)CN2C(=O)NC(C3CC3)(C3CC3)C2=O)c1. The average Bonchev–Trinajstić information content (AvgIpc) is 3.40. The second-order valence-corrected chi connectivity index (χ2v) is 7.70. The van der Waals surface area contributed by atoms with E-state index in [4.69, 9.17) is 0 Å². The Labute approximate surface area is 142 Å². The maximum Gasteiger partial charge on any atom is 0.325 e. The number of aryl methyl sites for hydroxylation is 2. The van der Waals surface area contributed by atoms with Crippen molar-refractivity contribution in [2.24, 2.45) is 11.8 Å². The first-order valence-electron chi connectivity index (χ1n) is 8.82. The van der Waals surface area contributed by atoms with Crippen LogP contribution in [0.25, 0.3) is 0 Å². The van der Waals surface area contributed by atoms with Crippen LogP contribution in [-0.2, 0) is 4.79 Å². The lowest BCUT2D eigenvalue weighted by molar-refractivity contribution is -0.133. The molecule has 5 heteroatoms. The van der Waals surface area contributed by atoms with Crippen molar-refractivity contribution in [1.29, 1.82) is 0 Å². The number of imide groups is 1. The molecule has 1 saturated heterocycles. The molecular formula is C19H24N2O3. The number of benzene rings is 1. The molecule has 24 heavy (non-hydrogen) atoms. The van der Waals surface area contributed by atoms with Crippen molar-refractivity contribution >= 4 is 11.9 Å². The molecule has 4 rings (SSSR count). The molecule has 2 aliphatic carbocycles. The molecule has 5 nitrogen and oxygen atoms in total. The zero-order valence-electron chi connectivity index (χ0n) is 14.2. The fourth-order valence-electron chi connectivity index (χ4n) is 4.22. The molecule has 1 aliphatic heterocycles. The first-order valence-corrected chi connectivity index (χ1v) is 8.82. The van der Waals surface area contributed by atoms with E-state index < -0.39 is 11.6 Å². The van der Waals surface area contributed by atoms with Crippen molar-refractivity contribution in [3.63, 3.8) is 0 Å². The van der Waals surface area contributed by atoms with Crippen LogP contribution in [0.5, 0.6) is 0 Å². The van der Waals surface area contributed by atoms with Gasteiger partial charge in [0.2, 0.25) is 0 Å². The molecule has 3 fully saturated rings. The molecule has 0 bridgehead atoms. The van der Waals surface area contributed by atoms with Crippen molar-refractivity contribution in [2.45, 2.75) is 51.2 Å². The van der Waals surface area contributed by atoms with Gasteiger partial charge in [-0.25, -0.2) is 4.79 Å². The number of nitrogens with one attached hydrogen (secondary N) is 1. The third kappa shape index (κ3) is 2.42. The third-order valence-electron chi connectivity index (χ3n) is 5.58. The molecule has 2 N–H and O–H groups in total. The van der Waals surface area contributed by atoms with Gasteiger partial charge in [-0.2, -0.15) is 0 Å². The highest BCUT2D eigenvalue weighted by Crippen LogP contribution is 2.54. The van der Waals surface area contributed by atoms with Gasteiger partial charge in [0.25, 0.3) is 5.91 Å². The van der Waals surface area contributed by atoms with Gasteiger partial charge in [0, 0.05) is 0 Å². The molecule has 3 aliphatic rings. The monoisotopic (exact) mass is 328 g/mol. The van der Waals surface area contributed by atoms with E-state index in [9.17, 15) is 14.7 Å². The lowest BCUT2D eigenvalue weighted by atomic mass is 9.87. The Kier molecular flexibility index (Phi) is 3.46. The zero-order valence-corrected chi connectivity index (χ0v) is 14.2. The number of aliphatic hydroxyl groups is 1. The molecule has 1 aromatic carbocycles. The van der Waals surface area contributed by atoms with Gasteiger partial charge in [0.15, 0.2) is 0 Å². The molecule has 1 heterocycles. The lowest BCUT2D eigenvalue weighted by Gasteiger charge is -2.27. The van der Waals surface area contributed by atoms with Crippen LogP contribution in [-0.4, -0.2) is 34.0 Å². The van der Waals surface area contributed by atoms with Crippen LogP contribution in [0.3, 0.4) is 0 Å². The van der Waals surface area contributed by atoms with E-state index in [1.807, 2.05) is 32.0 Å². The number of urea groups is 1. The summed E-state index contributed by atoms with van der Waals surface area (Å²) in [5.74, 6) is 0.440. The number of carbonyl (C=O) groups is 2. The Hall–Kier alpha value is -1.88. The smallest absolute Gasteiger partial charge is 0.325 e. The van der Waals surface area contributed by atoms with Gasteiger partial charge in [0.1, 0.15) is 5.54 Å². The Morgan fingerprint density at radius 2 is 1.67 bits per heavy atom. The van der Waals surface area contributed by atoms with Crippen LogP contribution >= 0.6 is 0 Å². The molecule has 1 aromatic rings. The van der Waals surface area contributed by atoms with Crippen molar-refractivity contribution in [3.05, 3.63) is 34.9 Å². The Morgan fingerprint density at radius 1 is 1.12 bits per heavy atom. The maximum absolute atomic E-state index is 13.0. The zero-order chi connectivity index (χ0) is 17.1. The summed E-state index contributed by atoms with van der Waals surface area (Å²) in [6, 6.07) is 5.51. The van der Waals surface area contributed by atoms with Gasteiger partial charge in [-0.3, -0.25) is 9.69 Å². The lowest BCUT2D eigenvalue weighted by Crippen LogP contribution is -2.51. The van der Waals surface area contributed by atoms with E-state index in [1.54, 1.807) is 0 Å². The molecule has 1 unspecified atom stereocenters. The van der Waals surface area contributed by atoms with Crippen LogP contribution in [0.2, 0.25) is 0 Å². The highest BCUT2D eigenvalue weighted by Gasteiger charge is 2.65. The third-order valence-corrected chi connectivity index (χ3v) is 5.58. The molecule has 128 valence electrons. The Morgan fingerprint density at radius 3 is 2.17 bits per heavy atom. The summed E-state index contributed by atoms with van der Waals surface area (Å²) in [6.45, 7) is 3.97. The molecule has 3 amide bonds. The van der Waals surface area contributed by atoms with Crippen molar-refractivity contribution < 1.29 is 14.7 Å². The first-order chi connectivity index (χ1) is 11.4. The number of rotatable bonds is 5. The molecule has 0 radical (unpaired) electrons. The average molecular weight is 328 g/mol. The van der Waals surface area contributed by atoms with Gasteiger partial charge in [0.05, 0.1) is 12.6 Å². The van der Waals surface area contributed by atoms with Crippen LogP contribution < -0.4 is 5.32 Å². The maximum atomic E-state index is 13.0. The fraction of sp³-hybridized carbons (Fsp3) is 0.579. The highest BCUT2D eigenvalue weighted by molar-refractivity contribution is 6.08. The quantitative estimate of drug-likeness (QED) is 0.816. The van der Waals surface area contributed by atoms with E-state index >= 15 is 0 Å². The van der Waals surface area contributed by atoms with E-state index in [0.29, 0.717) is 0 Å². The number of amides is 3. The van der Waals surface area contributed by atoms with Crippen molar-refractivity contribution in [1.82, 2.24) is 10.2 Å². The van der Waals surface area contributed by atoms with E-state index in [1.165, 1.54) is 4.90 Å². The predicted molar refractivity (Wildman–Crippen MR) is 89.3 cm³/mol. The predicted octanol–water partition coefficient (Wildman–Crippen LogP) is 2.45. The van der Waals surface area contributed by atoms with Gasteiger partial charge in [-0.1, -0.05) is 29.3 Å².